The Balaban J connectivity index is 1.96. The number of benzene rings is 1. The molecule has 0 bridgehead atoms. The lowest BCUT2D eigenvalue weighted by molar-refractivity contribution is 0.424. The Labute approximate surface area is 138 Å². The van der Waals surface area contributed by atoms with Gasteiger partial charge in [0, 0.05) is 0 Å². The van der Waals surface area contributed by atoms with Crippen LogP contribution in [0.3, 0.4) is 0 Å². The zero-order chi connectivity index (χ0) is 16.6. The first-order chi connectivity index (χ1) is 11.0. The summed E-state index contributed by atoms with van der Waals surface area (Å²) in [5, 5.41) is 6.98. The molecule has 2 nitrogen and oxygen atoms in total. The Morgan fingerprint density at radius 1 is 1.22 bits per heavy atom. The van der Waals surface area contributed by atoms with Crippen molar-refractivity contribution >= 4 is 16.5 Å². The summed E-state index contributed by atoms with van der Waals surface area (Å²) in [6, 6.07) is 5.90. The first-order valence-electron chi connectivity index (χ1n) is 8.86. The third kappa shape index (κ3) is 2.93. The smallest absolute Gasteiger partial charge is 0.216 e. The highest BCUT2D eigenvalue weighted by Gasteiger charge is 2.33. The van der Waals surface area contributed by atoms with E-state index in [0.717, 1.165) is 17.4 Å². The van der Waals surface area contributed by atoms with Gasteiger partial charge in [-0.05, 0) is 67.7 Å². The number of hydrogen-bond donors (Lipinski definition) is 1. The minimum absolute atomic E-state index is 0.342. The van der Waals surface area contributed by atoms with Gasteiger partial charge in [-0.2, -0.15) is 9.49 Å². The maximum Gasteiger partial charge on any atom is 0.216 e. The van der Waals surface area contributed by atoms with Crippen molar-refractivity contribution in [2.24, 2.45) is 17.8 Å². The van der Waals surface area contributed by atoms with E-state index in [1.54, 1.807) is 0 Å². The van der Waals surface area contributed by atoms with Gasteiger partial charge in [-0.15, -0.1) is 0 Å². The number of nitrogens with one attached hydrogen (secondary N) is 1. The van der Waals surface area contributed by atoms with Crippen LogP contribution in [0.1, 0.15) is 58.9 Å². The second-order valence-electron chi connectivity index (χ2n) is 7.10. The Kier molecular flexibility index (Phi) is 4.56. The van der Waals surface area contributed by atoms with Gasteiger partial charge in [0.05, 0.1) is 10.9 Å². The Morgan fingerprint density at radius 3 is 2.70 bits per heavy atom. The fourth-order valence-corrected chi connectivity index (χ4v) is 4.27. The van der Waals surface area contributed by atoms with Gasteiger partial charge in [0.15, 0.2) is 0 Å². The maximum atomic E-state index is 13.8. The fraction of sp³-hybridized carbons (Fsp3) is 0.550. The Bertz CT molecular complexity index is 728. The van der Waals surface area contributed by atoms with E-state index in [-0.39, 0.29) is 5.95 Å². The molecule has 1 heterocycles. The highest BCUT2D eigenvalue weighted by atomic mass is 19.1. The highest BCUT2D eigenvalue weighted by Crippen LogP contribution is 2.45. The number of halogens is 1. The molecule has 1 aromatic carbocycles. The molecule has 0 saturated heterocycles. The van der Waals surface area contributed by atoms with Crippen LogP contribution in [0.15, 0.2) is 23.8 Å². The lowest BCUT2D eigenvalue weighted by Crippen LogP contribution is -2.09. The molecule has 0 amide bonds. The monoisotopic (exact) mass is 314 g/mol. The molecular formula is C20H27FN2. The molecule has 3 unspecified atom stereocenters. The molecule has 0 spiro atoms. The number of nitrogens with zero attached hydrogens (tertiary/aromatic N) is 1. The molecule has 23 heavy (non-hydrogen) atoms. The van der Waals surface area contributed by atoms with Crippen molar-refractivity contribution in [1.82, 2.24) is 10.2 Å². The molecule has 1 aliphatic carbocycles. The lowest BCUT2D eigenvalue weighted by atomic mass is 9.84. The third-order valence-electron chi connectivity index (χ3n) is 5.98. The predicted octanol–water partition coefficient (Wildman–Crippen LogP) is 5.96. The number of H-pyrrole nitrogens is 1. The largest absolute Gasteiger partial charge is 0.252 e. The predicted molar refractivity (Wildman–Crippen MR) is 94.6 cm³/mol. The summed E-state index contributed by atoms with van der Waals surface area (Å²) in [5.41, 5.74) is 4.59. The van der Waals surface area contributed by atoms with Crippen LogP contribution >= 0.6 is 0 Å². The van der Waals surface area contributed by atoms with Crippen LogP contribution in [-0.4, -0.2) is 10.2 Å². The van der Waals surface area contributed by atoms with Gasteiger partial charge in [0.1, 0.15) is 0 Å². The number of aromatic nitrogens is 2. The number of allylic oxidation sites excluding steroid dienone is 2. The van der Waals surface area contributed by atoms with Crippen molar-refractivity contribution in [2.75, 3.05) is 0 Å². The van der Waals surface area contributed by atoms with Crippen molar-refractivity contribution in [3.63, 3.8) is 0 Å². The summed E-state index contributed by atoms with van der Waals surface area (Å²) in [6.45, 7) is 9.07. The van der Waals surface area contributed by atoms with Crippen LogP contribution < -0.4 is 0 Å². The van der Waals surface area contributed by atoms with Gasteiger partial charge in [-0.25, -0.2) is 0 Å². The molecule has 3 atom stereocenters. The molecule has 1 fully saturated rings. The molecule has 124 valence electrons. The van der Waals surface area contributed by atoms with Crippen molar-refractivity contribution in [1.29, 1.82) is 0 Å². The van der Waals surface area contributed by atoms with Crippen LogP contribution in [0.25, 0.3) is 16.5 Å². The molecule has 3 heteroatoms. The lowest BCUT2D eigenvalue weighted by Gasteiger charge is -2.21. The summed E-state index contributed by atoms with van der Waals surface area (Å²) >= 11 is 0. The van der Waals surface area contributed by atoms with E-state index in [0.29, 0.717) is 16.8 Å². The number of aromatic amines is 1. The van der Waals surface area contributed by atoms with E-state index >= 15 is 0 Å². The summed E-state index contributed by atoms with van der Waals surface area (Å²) in [5.74, 6) is 1.99. The van der Waals surface area contributed by atoms with Crippen LogP contribution in [0.2, 0.25) is 0 Å². The van der Waals surface area contributed by atoms with Crippen molar-refractivity contribution in [2.45, 2.75) is 53.4 Å². The molecule has 1 saturated carbocycles. The molecule has 3 rings (SSSR count). The number of rotatable bonds is 4. The third-order valence-corrected chi connectivity index (χ3v) is 5.98. The SMILES string of the molecule is CCC1CC(CC)C(C(C)=C(C)c2ccc3n[nH]c(F)c3c2)C1. The molecule has 1 aromatic heterocycles. The minimum Gasteiger partial charge on any atom is -0.252 e. The number of fused-ring (bicyclic) bond motifs is 1. The Morgan fingerprint density at radius 2 is 2.00 bits per heavy atom. The summed E-state index contributed by atoms with van der Waals surface area (Å²) < 4.78 is 13.8. The highest BCUT2D eigenvalue weighted by molar-refractivity contribution is 5.83. The average molecular weight is 314 g/mol. The molecular weight excluding hydrogens is 287 g/mol. The molecule has 2 aromatic rings. The Hall–Kier alpha value is -1.64. The van der Waals surface area contributed by atoms with Gasteiger partial charge in [0.2, 0.25) is 5.95 Å². The molecule has 1 aliphatic rings. The van der Waals surface area contributed by atoms with Gasteiger partial charge in [-0.1, -0.05) is 38.3 Å². The maximum absolute atomic E-state index is 13.8. The van der Waals surface area contributed by atoms with E-state index in [9.17, 15) is 4.39 Å². The van der Waals surface area contributed by atoms with E-state index in [2.05, 4.69) is 44.0 Å². The zero-order valence-electron chi connectivity index (χ0n) is 14.6. The second kappa shape index (κ2) is 6.46. The fourth-order valence-electron chi connectivity index (χ4n) is 4.27. The van der Waals surface area contributed by atoms with Gasteiger partial charge in [0.25, 0.3) is 0 Å². The van der Waals surface area contributed by atoms with Crippen molar-refractivity contribution < 1.29 is 4.39 Å². The topological polar surface area (TPSA) is 28.7 Å². The van der Waals surface area contributed by atoms with Crippen LogP contribution in [-0.2, 0) is 0 Å². The van der Waals surface area contributed by atoms with Crippen LogP contribution in [0.5, 0.6) is 0 Å². The van der Waals surface area contributed by atoms with Crippen LogP contribution in [0, 0.1) is 23.7 Å². The first kappa shape index (κ1) is 16.2. The van der Waals surface area contributed by atoms with Crippen LogP contribution in [0.4, 0.5) is 4.39 Å². The quantitative estimate of drug-likeness (QED) is 0.741. The van der Waals surface area contributed by atoms with E-state index < -0.39 is 0 Å². The van der Waals surface area contributed by atoms with E-state index in [1.807, 2.05) is 12.1 Å². The summed E-state index contributed by atoms with van der Waals surface area (Å²) in [4.78, 5) is 0. The van der Waals surface area contributed by atoms with Gasteiger partial charge >= 0.3 is 0 Å². The minimum atomic E-state index is -0.342. The summed E-state index contributed by atoms with van der Waals surface area (Å²) in [6.07, 6.45) is 5.20. The van der Waals surface area contributed by atoms with E-state index in [1.165, 1.54) is 36.8 Å². The van der Waals surface area contributed by atoms with E-state index in [4.69, 9.17) is 0 Å². The normalized spacial score (nSPS) is 25.9. The number of hydrogen-bond acceptors (Lipinski definition) is 1. The molecule has 1 N–H and O–H groups in total. The zero-order valence-corrected chi connectivity index (χ0v) is 14.6. The first-order valence-corrected chi connectivity index (χ1v) is 8.86. The standard InChI is InChI=1S/C20H27FN2/c1-5-14-9-15(6-2)17(10-14)13(4)12(3)16-7-8-19-18(11-16)20(21)23-22-19/h7-8,11,14-15,17H,5-6,9-10H2,1-4H3,(H,22,23). The average Bonchev–Trinajstić information content (AvgIpc) is 3.17. The van der Waals surface area contributed by atoms with Crippen molar-refractivity contribution in [3.8, 4) is 0 Å². The summed E-state index contributed by atoms with van der Waals surface area (Å²) in [7, 11) is 0. The van der Waals surface area contributed by atoms with Gasteiger partial charge < -0.3 is 0 Å². The molecule has 0 aliphatic heterocycles. The van der Waals surface area contributed by atoms with Crippen molar-refractivity contribution in [3.05, 3.63) is 35.3 Å². The van der Waals surface area contributed by atoms with Gasteiger partial charge in [-0.3, -0.25) is 5.10 Å². The second-order valence-corrected chi connectivity index (χ2v) is 7.10. The molecule has 0 radical (unpaired) electrons.